The lowest BCUT2D eigenvalue weighted by Crippen LogP contribution is -2.25. The molecule has 0 atom stereocenters. The SMILES string of the molecule is COCCNCCNc1ccc(C#N)cc1F. The molecule has 0 radical (unpaired) electrons. The normalized spacial score (nSPS) is 9.94. The Labute approximate surface area is 100 Å². The number of halogens is 1. The summed E-state index contributed by atoms with van der Waals surface area (Å²) in [6.07, 6.45) is 0. The van der Waals surface area contributed by atoms with Crippen molar-refractivity contribution in [1.82, 2.24) is 5.32 Å². The van der Waals surface area contributed by atoms with E-state index >= 15 is 0 Å². The quantitative estimate of drug-likeness (QED) is 0.703. The van der Waals surface area contributed by atoms with Gasteiger partial charge in [-0.25, -0.2) is 4.39 Å². The molecule has 0 heterocycles. The van der Waals surface area contributed by atoms with E-state index in [2.05, 4.69) is 10.6 Å². The van der Waals surface area contributed by atoms with Gasteiger partial charge < -0.3 is 15.4 Å². The van der Waals surface area contributed by atoms with Crippen LogP contribution in [0.5, 0.6) is 0 Å². The van der Waals surface area contributed by atoms with Gasteiger partial charge in [0.1, 0.15) is 5.82 Å². The van der Waals surface area contributed by atoms with Gasteiger partial charge in [-0.1, -0.05) is 0 Å². The van der Waals surface area contributed by atoms with Crippen LogP contribution in [0.1, 0.15) is 5.56 Å². The largest absolute Gasteiger partial charge is 0.383 e. The van der Waals surface area contributed by atoms with Gasteiger partial charge in [0.25, 0.3) is 0 Å². The third-order valence-corrected chi connectivity index (χ3v) is 2.20. The van der Waals surface area contributed by atoms with E-state index in [1.807, 2.05) is 6.07 Å². The Morgan fingerprint density at radius 2 is 2.18 bits per heavy atom. The molecule has 0 fully saturated rings. The fraction of sp³-hybridized carbons (Fsp3) is 0.417. The first kappa shape index (κ1) is 13.4. The molecule has 4 nitrogen and oxygen atoms in total. The van der Waals surface area contributed by atoms with Gasteiger partial charge in [0, 0.05) is 26.7 Å². The maximum Gasteiger partial charge on any atom is 0.147 e. The molecule has 17 heavy (non-hydrogen) atoms. The van der Waals surface area contributed by atoms with Gasteiger partial charge >= 0.3 is 0 Å². The van der Waals surface area contributed by atoms with Gasteiger partial charge in [0.15, 0.2) is 0 Å². The molecule has 1 aromatic rings. The molecule has 0 amide bonds. The molecule has 0 saturated heterocycles. The Morgan fingerprint density at radius 1 is 1.35 bits per heavy atom. The Bertz CT molecular complexity index is 390. The summed E-state index contributed by atoms with van der Waals surface area (Å²) in [4.78, 5) is 0. The van der Waals surface area contributed by atoms with Gasteiger partial charge in [0.05, 0.1) is 23.9 Å². The fourth-order valence-corrected chi connectivity index (χ4v) is 1.31. The van der Waals surface area contributed by atoms with Crippen molar-refractivity contribution < 1.29 is 9.13 Å². The molecule has 92 valence electrons. The van der Waals surface area contributed by atoms with Crippen molar-refractivity contribution in [2.24, 2.45) is 0 Å². The van der Waals surface area contributed by atoms with E-state index in [9.17, 15) is 4.39 Å². The molecule has 5 heteroatoms. The molecule has 0 aliphatic rings. The standard InChI is InChI=1S/C12H16FN3O/c1-17-7-6-15-4-5-16-12-3-2-10(9-14)8-11(12)13/h2-3,8,15-16H,4-7H2,1H3. The highest BCUT2D eigenvalue weighted by Crippen LogP contribution is 2.14. The number of benzene rings is 1. The lowest BCUT2D eigenvalue weighted by Gasteiger charge is -2.08. The lowest BCUT2D eigenvalue weighted by atomic mass is 10.2. The molecule has 0 spiro atoms. The van der Waals surface area contributed by atoms with E-state index in [0.717, 1.165) is 13.1 Å². The third kappa shape index (κ3) is 4.81. The Kier molecular flexibility index (Phi) is 6.00. The molecule has 0 aliphatic heterocycles. The van der Waals surface area contributed by atoms with E-state index in [1.54, 1.807) is 19.2 Å². The summed E-state index contributed by atoms with van der Waals surface area (Å²) >= 11 is 0. The minimum atomic E-state index is -0.402. The summed E-state index contributed by atoms with van der Waals surface area (Å²) in [7, 11) is 1.64. The average Bonchev–Trinajstić information content (AvgIpc) is 2.35. The average molecular weight is 237 g/mol. The predicted octanol–water partition coefficient (Wildman–Crippen LogP) is 1.35. The van der Waals surface area contributed by atoms with Crippen LogP contribution >= 0.6 is 0 Å². The van der Waals surface area contributed by atoms with Crippen LogP contribution in [0.25, 0.3) is 0 Å². The zero-order valence-electron chi connectivity index (χ0n) is 9.79. The molecule has 0 aliphatic carbocycles. The predicted molar refractivity (Wildman–Crippen MR) is 64.4 cm³/mol. The third-order valence-electron chi connectivity index (χ3n) is 2.20. The monoisotopic (exact) mass is 237 g/mol. The number of ether oxygens (including phenoxy) is 1. The van der Waals surface area contributed by atoms with E-state index in [0.29, 0.717) is 24.4 Å². The number of rotatable bonds is 7. The first-order valence-electron chi connectivity index (χ1n) is 5.41. The van der Waals surface area contributed by atoms with Crippen molar-refractivity contribution in [3.05, 3.63) is 29.6 Å². The van der Waals surface area contributed by atoms with Gasteiger partial charge in [-0.2, -0.15) is 5.26 Å². The van der Waals surface area contributed by atoms with Crippen LogP contribution in [0.3, 0.4) is 0 Å². The van der Waals surface area contributed by atoms with E-state index < -0.39 is 5.82 Å². The number of anilines is 1. The maximum atomic E-state index is 13.4. The van der Waals surface area contributed by atoms with Crippen LogP contribution in [0.2, 0.25) is 0 Å². The fourth-order valence-electron chi connectivity index (χ4n) is 1.31. The van der Waals surface area contributed by atoms with Crippen LogP contribution in [-0.2, 0) is 4.74 Å². The van der Waals surface area contributed by atoms with Gasteiger partial charge in [0.2, 0.25) is 0 Å². The highest BCUT2D eigenvalue weighted by molar-refractivity contribution is 5.48. The number of nitriles is 1. The molecule has 0 unspecified atom stereocenters. The van der Waals surface area contributed by atoms with Crippen LogP contribution in [0, 0.1) is 17.1 Å². The van der Waals surface area contributed by atoms with Crippen molar-refractivity contribution >= 4 is 5.69 Å². The van der Waals surface area contributed by atoms with E-state index in [4.69, 9.17) is 10.00 Å². The van der Waals surface area contributed by atoms with Crippen LogP contribution in [-0.4, -0.2) is 33.4 Å². The number of nitrogens with zero attached hydrogens (tertiary/aromatic N) is 1. The first-order valence-corrected chi connectivity index (χ1v) is 5.41. The summed E-state index contributed by atoms with van der Waals surface area (Å²) < 4.78 is 18.3. The maximum absolute atomic E-state index is 13.4. The summed E-state index contributed by atoms with van der Waals surface area (Å²) in [6, 6.07) is 6.27. The molecule has 1 rings (SSSR count). The van der Waals surface area contributed by atoms with Crippen molar-refractivity contribution in [3.8, 4) is 6.07 Å². The Morgan fingerprint density at radius 3 is 2.82 bits per heavy atom. The zero-order chi connectivity index (χ0) is 12.5. The second-order valence-corrected chi connectivity index (χ2v) is 3.48. The number of nitrogens with one attached hydrogen (secondary N) is 2. The van der Waals surface area contributed by atoms with Crippen LogP contribution in [0.15, 0.2) is 18.2 Å². The van der Waals surface area contributed by atoms with Gasteiger partial charge in [-0.3, -0.25) is 0 Å². The van der Waals surface area contributed by atoms with E-state index in [1.165, 1.54) is 6.07 Å². The van der Waals surface area contributed by atoms with Gasteiger partial charge in [-0.05, 0) is 18.2 Å². The Balaban J connectivity index is 2.30. The summed E-state index contributed by atoms with van der Waals surface area (Å²) in [5.41, 5.74) is 0.740. The number of hydrogen-bond acceptors (Lipinski definition) is 4. The van der Waals surface area contributed by atoms with Crippen molar-refractivity contribution in [1.29, 1.82) is 5.26 Å². The van der Waals surface area contributed by atoms with Crippen molar-refractivity contribution in [2.45, 2.75) is 0 Å². The van der Waals surface area contributed by atoms with Gasteiger partial charge in [-0.15, -0.1) is 0 Å². The molecule has 0 bridgehead atoms. The molecule has 1 aromatic carbocycles. The molecule has 2 N–H and O–H groups in total. The second-order valence-electron chi connectivity index (χ2n) is 3.48. The molecule has 0 saturated carbocycles. The first-order chi connectivity index (χ1) is 8.27. The van der Waals surface area contributed by atoms with Crippen LogP contribution < -0.4 is 10.6 Å². The molecular formula is C12H16FN3O. The van der Waals surface area contributed by atoms with E-state index in [-0.39, 0.29) is 0 Å². The number of hydrogen-bond donors (Lipinski definition) is 2. The van der Waals surface area contributed by atoms with Crippen molar-refractivity contribution in [3.63, 3.8) is 0 Å². The summed E-state index contributed by atoms with van der Waals surface area (Å²) in [5.74, 6) is -0.402. The minimum absolute atomic E-state index is 0.325. The van der Waals surface area contributed by atoms with Crippen molar-refractivity contribution in [2.75, 3.05) is 38.7 Å². The van der Waals surface area contributed by atoms with Crippen LogP contribution in [0.4, 0.5) is 10.1 Å². The second kappa shape index (κ2) is 7.60. The lowest BCUT2D eigenvalue weighted by molar-refractivity contribution is 0.200. The smallest absolute Gasteiger partial charge is 0.147 e. The Hall–Kier alpha value is -1.64. The highest BCUT2D eigenvalue weighted by atomic mass is 19.1. The zero-order valence-corrected chi connectivity index (χ0v) is 9.79. The summed E-state index contributed by atoms with van der Waals surface area (Å²) in [5, 5.41) is 14.7. The molecule has 0 aromatic heterocycles. The molecular weight excluding hydrogens is 221 g/mol. The summed E-state index contributed by atoms with van der Waals surface area (Å²) in [6.45, 7) is 2.77. The topological polar surface area (TPSA) is 57.1 Å². The minimum Gasteiger partial charge on any atom is -0.383 e. The number of methoxy groups -OCH3 is 1. The highest BCUT2D eigenvalue weighted by Gasteiger charge is 2.02.